The minimum atomic E-state index is -0.214. The molecule has 0 radical (unpaired) electrons. The van der Waals surface area contributed by atoms with E-state index in [1.165, 1.54) is 11.3 Å². The summed E-state index contributed by atoms with van der Waals surface area (Å²) in [5.74, 6) is 1.17. The Balaban J connectivity index is 1.54. The van der Waals surface area contributed by atoms with Crippen molar-refractivity contribution in [2.75, 3.05) is 6.54 Å². The summed E-state index contributed by atoms with van der Waals surface area (Å²) in [6.45, 7) is 2.27. The largest absolute Gasteiger partial charge is 0.349 e. The number of carbonyl (C=O) groups excluding carboxylic acids is 1. The van der Waals surface area contributed by atoms with Crippen molar-refractivity contribution in [2.45, 2.75) is 13.3 Å². The van der Waals surface area contributed by atoms with Gasteiger partial charge in [0.25, 0.3) is 5.91 Å². The molecule has 2 heterocycles. The molecule has 0 aliphatic rings. The maximum absolute atomic E-state index is 11.8. The van der Waals surface area contributed by atoms with Crippen molar-refractivity contribution in [2.24, 2.45) is 0 Å². The lowest BCUT2D eigenvalue weighted by Crippen LogP contribution is -2.25. The predicted molar refractivity (Wildman–Crippen MR) is 82.5 cm³/mol. The van der Waals surface area contributed by atoms with Gasteiger partial charge >= 0.3 is 0 Å². The average molecular weight is 314 g/mol. The van der Waals surface area contributed by atoms with E-state index in [0.29, 0.717) is 23.8 Å². The van der Waals surface area contributed by atoms with Gasteiger partial charge in [0.2, 0.25) is 5.01 Å². The highest BCUT2D eigenvalue weighted by molar-refractivity contribution is 7.13. The lowest BCUT2D eigenvalue weighted by molar-refractivity contribution is 0.0953. The normalized spacial score (nSPS) is 10.6. The summed E-state index contributed by atoms with van der Waals surface area (Å²) in [7, 11) is 0. The van der Waals surface area contributed by atoms with E-state index in [0.717, 1.165) is 16.4 Å². The molecule has 0 unspecified atom stereocenters. The molecule has 8 heteroatoms. The lowest BCUT2D eigenvalue weighted by atomic mass is 10.2. The fourth-order valence-electron chi connectivity index (χ4n) is 1.88. The lowest BCUT2D eigenvalue weighted by Gasteiger charge is -1.99. The Labute approximate surface area is 130 Å². The summed E-state index contributed by atoms with van der Waals surface area (Å²) < 4.78 is 0. The monoisotopic (exact) mass is 314 g/mol. The van der Waals surface area contributed by atoms with Crippen LogP contribution in [0.3, 0.4) is 0 Å². The van der Waals surface area contributed by atoms with Crippen LogP contribution in [-0.2, 0) is 6.42 Å². The van der Waals surface area contributed by atoms with Crippen LogP contribution in [0.2, 0.25) is 0 Å². The molecule has 22 heavy (non-hydrogen) atoms. The first-order valence-corrected chi connectivity index (χ1v) is 7.59. The van der Waals surface area contributed by atoms with Crippen LogP contribution in [0.4, 0.5) is 0 Å². The van der Waals surface area contributed by atoms with Gasteiger partial charge in [-0.3, -0.25) is 9.89 Å². The fourth-order valence-corrected chi connectivity index (χ4v) is 2.49. The summed E-state index contributed by atoms with van der Waals surface area (Å²) in [5, 5.41) is 18.6. The molecule has 1 aromatic carbocycles. The molecule has 0 atom stereocenters. The quantitative estimate of drug-likeness (QED) is 0.745. The van der Waals surface area contributed by atoms with E-state index in [1.54, 1.807) is 0 Å². The van der Waals surface area contributed by atoms with Gasteiger partial charge < -0.3 is 5.32 Å². The number of benzene rings is 1. The third-order valence-electron chi connectivity index (χ3n) is 2.93. The number of rotatable bonds is 5. The smallest absolute Gasteiger partial charge is 0.282 e. The van der Waals surface area contributed by atoms with Gasteiger partial charge in [0.15, 0.2) is 5.82 Å². The molecule has 3 rings (SSSR count). The van der Waals surface area contributed by atoms with Crippen LogP contribution >= 0.6 is 11.3 Å². The van der Waals surface area contributed by atoms with E-state index in [9.17, 15) is 4.79 Å². The van der Waals surface area contributed by atoms with Gasteiger partial charge in [-0.1, -0.05) is 41.7 Å². The van der Waals surface area contributed by atoms with Crippen molar-refractivity contribution in [1.29, 1.82) is 0 Å². The van der Waals surface area contributed by atoms with Crippen molar-refractivity contribution in [3.05, 3.63) is 46.2 Å². The van der Waals surface area contributed by atoms with Gasteiger partial charge in [0.1, 0.15) is 10.8 Å². The Kier molecular flexibility index (Phi) is 4.19. The predicted octanol–water partition coefficient (Wildman–Crippen LogP) is 1.60. The molecule has 1 amide bonds. The van der Waals surface area contributed by atoms with Gasteiger partial charge in [-0.2, -0.15) is 5.10 Å². The minimum absolute atomic E-state index is 0.214. The zero-order valence-corrected chi connectivity index (χ0v) is 12.7. The van der Waals surface area contributed by atoms with Crippen molar-refractivity contribution >= 4 is 17.2 Å². The summed E-state index contributed by atoms with van der Waals surface area (Å²) >= 11 is 1.27. The second-order valence-corrected chi connectivity index (χ2v) is 5.79. The third kappa shape index (κ3) is 3.34. The van der Waals surface area contributed by atoms with Gasteiger partial charge in [0.05, 0.1) is 0 Å². The highest BCUT2D eigenvalue weighted by Crippen LogP contribution is 2.13. The standard InChI is InChI=1S/C14H14N6OS/c1-9-17-20-14(22-9)13(21)15-8-7-11-16-12(19-18-11)10-5-3-2-4-6-10/h2-6H,7-8H2,1H3,(H,15,21)(H,16,18,19). The van der Waals surface area contributed by atoms with E-state index in [1.807, 2.05) is 37.3 Å². The number of amides is 1. The Morgan fingerprint density at radius 1 is 1.27 bits per heavy atom. The van der Waals surface area contributed by atoms with Crippen molar-refractivity contribution in [3.63, 3.8) is 0 Å². The maximum atomic E-state index is 11.8. The average Bonchev–Trinajstić information content (AvgIpc) is 3.17. The highest BCUT2D eigenvalue weighted by atomic mass is 32.1. The van der Waals surface area contributed by atoms with E-state index >= 15 is 0 Å². The van der Waals surface area contributed by atoms with Gasteiger partial charge in [-0.15, -0.1) is 10.2 Å². The molecule has 0 aliphatic carbocycles. The van der Waals surface area contributed by atoms with Crippen LogP contribution in [0.1, 0.15) is 20.6 Å². The molecular formula is C14H14N6OS. The van der Waals surface area contributed by atoms with E-state index in [-0.39, 0.29) is 5.91 Å². The summed E-state index contributed by atoms with van der Waals surface area (Å²) in [6.07, 6.45) is 0.573. The van der Waals surface area contributed by atoms with Crippen LogP contribution in [0, 0.1) is 6.92 Å². The number of carbonyl (C=O) groups is 1. The number of aromatic nitrogens is 5. The van der Waals surface area contributed by atoms with Gasteiger partial charge in [0, 0.05) is 18.5 Å². The molecule has 2 N–H and O–H groups in total. The minimum Gasteiger partial charge on any atom is -0.349 e. The van der Waals surface area contributed by atoms with Crippen LogP contribution in [0.15, 0.2) is 30.3 Å². The fraction of sp³-hybridized carbons (Fsp3) is 0.214. The van der Waals surface area contributed by atoms with Crippen LogP contribution in [-0.4, -0.2) is 37.8 Å². The van der Waals surface area contributed by atoms with Crippen LogP contribution in [0.25, 0.3) is 11.4 Å². The summed E-state index contributed by atoms with van der Waals surface area (Å²) in [4.78, 5) is 16.2. The Morgan fingerprint density at radius 2 is 2.09 bits per heavy atom. The number of aromatic amines is 1. The molecule has 0 spiro atoms. The molecule has 112 valence electrons. The molecular weight excluding hydrogens is 300 g/mol. The van der Waals surface area contributed by atoms with Gasteiger partial charge in [-0.25, -0.2) is 4.98 Å². The number of hydrogen-bond acceptors (Lipinski definition) is 6. The second-order valence-electron chi connectivity index (χ2n) is 4.60. The molecule has 0 aliphatic heterocycles. The van der Waals surface area contributed by atoms with Crippen molar-refractivity contribution in [1.82, 2.24) is 30.7 Å². The van der Waals surface area contributed by atoms with E-state index in [4.69, 9.17) is 0 Å². The summed E-state index contributed by atoms with van der Waals surface area (Å²) in [6, 6.07) is 9.73. The Hall–Kier alpha value is -2.61. The first-order chi connectivity index (χ1) is 10.7. The molecule has 0 saturated heterocycles. The molecule has 0 bridgehead atoms. The number of nitrogens with zero attached hydrogens (tertiary/aromatic N) is 4. The molecule has 3 aromatic rings. The Bertz CT molecular complexity index is 767. The van der Waals surface area contributed by atoms with E-state index < -0.39 is 0 Å². The van der Waals surface area contributed by atoms with Crippen molar-refractivity contribution < 1.29 is 4.79 Å². The molecule has 0 fully saturated rings. The number of nitrogens with one attached hydrogen (secondary N) is 2. The maximum Gasteiger partial charge on any atom is 0.282 e. The topological polar surface area (TPSA) is 96.5 Å². The highest BCUT2D eigenvalue weighted by Gasteiger charge is 2.11. The number of aryl methyl sites for hydroxylation is 1. The zero-order chi connectivity index (χ0) is 15.4. The number of hydrogen-bond donors (Lipinski definition) is 2. The first-order valence-electron chi connectivity index (χ1n) is 6.77. The first kappa shape index (κ1) is 14.3. The third-order valence-corrected chi connectivity index (χ3v) is 3.77. The van der Waals surface area contributed by atoms with Crippen LogP contribution in [0.5, 0.6) is 0 Å². The Morgan fingerprint density at radius 3 is 2.82 bits per heavy atom. The molecule has 2 aromatic heterocycles. The molecule has 0 saturated carbocycles. The second kappa shape index (κ2) is 6.44. The van der Waals surface area contributed by atoms with E-state index in [2.05, 4.69) is 30.7 Å². The number of H-pyrrole nitrogens is 1. The van der Waals surface area contributed by atoms with Crippen molar-refractivity contribution in [3.8, 4) is 11.4 Å². The molecule has 7 nitrogen and oxygen atoms in total. The zero-order valence-electron chi connectivity index (χ0n) is 11.9. The van der Waals surface area contributed by atoms with Crippen LogP contribution < -0.4 is 5.32 Å². The van der Waals surface area contributed by atoms with Gasteiger partial charge in [-0.05, 0) is 6.92 Å². The summed E-state index contributed by atoms with van der Waals surface area (Å²) in [5.41, 5.74) is 0.957. The SMILES string of the molecule is Cc1nnc(C(=O)NCCc2nc(-c3ccccc3)n[nH]2)s1.